The Bertz CT molecular complexity index is 477. The molecule has 0 heterocycles. The van der Waals surface area contributed by atoms with Crippen LogP contribution in [0.2, 0.25) is 0 Å². The van der Waals surface area contributed by atoms with Crippen LogP contribution in [0.25, 0.3) is 0 Å². The monoisotopic (exact) mass is 289 g/mol. The van der Waals surface area contributed by atoms with E-state index >= 15 is 0 Å². The van der Waals surface area contributed by atoms with Crippen LogP contribution in [-0.4, -0.2) is 44.1 Å². The Balaban J connectivity index is 2.22. The molecule has 1 aromatic rings. The van der Waals surface area contributed by atoms with Gasteiger partial charge < -0.3 is 10.1 Å². The van der Waals surface area contributed by atoms with Crippen molar-refractivity contribution < 1.29 is 9.53 Å². The van der Waals surface area contributed by atoms with E-state index in [0.717, 1.165) is 5.75 Å². The number of nitrogens with zero attached hydrogens (tertiary/aromatic N) is 2. The van der Waals surface area contributed by atoms with Gasteiger partial charge in [-0.2, -0.15) is 5.26 Å². The lowest BCUT2D eigenvalue weighted by Crippen LogP contribution is -2.38. The molecule has 0 saturated heterocycles. The highest BCUT2D eigenvalue weighted by atomic mass is 16.5. The van der Waals surface area contributed by atoms with Crippen LogP contribution in [0.3, 0.4) is 0 Å². The summed E-state index contributed by atoms with van der Waals surface area (Å²) in [5.74, 6) is 1.22. The van der Waals surface area contributed by atoms with Crippen LogP contribution in [0, 0.1) is 17.2 Å². The smallest absolute Gasteiger partial charge is 0.234 e. The van der Waals surface area contributed by atoms with E-state index < -0.39 is 0 Å². The summed E-state index contributed by atoms with van der Waals surface area (Å²) in [6, 6.07) is 9.05. The average Bonchev–Trinajstić information content (AvgIpc) is 2.46. The predicted molar refractivity (Wildman–Crippen MR) is 82.0 cm³/mol. The first-order valence-corrected chi connectivity index (χ1v) is 7.09. The van der Waals surface area contributed by atoms with Crippen LogP contribution in [0.5, 0.6) is 5.75 Å². The third-order valence-corrected chi connectivity index (χ3v) is 2.85. The summed E-state index contributed by atoms with van der Waals surface area (Å²) < 4.78 is 5.57. The summed E-state index contributed by atoms with van der Waals surface area (Å²) in [5.41, 5.74) is 0.612. The molecule has 0 unspecified atom stereocenters. The number of benzene rings is 1. The van der Waals surface area contributed by atoms with Crippen LogP contribution >= 0.6 is 0 Å². The molecule has 5 heteroatoms. The van der Waals surface area contributed by atoms with E-state index in [1.165, 1.54) is 0 Å². The van der Waals surface area contributed by atoms with Crippen molar-refractivity contribution in [2.75, 3.05) is 33.3 Å². The van der Waals surface area contributed by atoms with E-state index in [9.17, 15) is 4.79 Å². The van der Waals surface area contributed by atoms with Gasteiger partial charge in [0, 0.05) is 13.1 Å². The standard InChI is InChI=1S/C16H23N3O2/c1-13(2)11-18-16(20)12-19(3)8-9-21-15-6-4-14(10-17)5-7-15/h4-7,13H,8-9,11-12H2,1-3H3,(H,18,20). The summed E-state index contributed by atoms with van der Waals surface area (Å²) >= 11 is 0. The van der Waals surface area contributed by atoms with Crippen molar-refractivity contribution in [1.29, 1.82) is 5.26 Å². The molecular weight excluding hydrogens is 266 g/mol. The molecule has 0 spiro atoms. The summed E-state index contributed by atoms with van der Waals surface area (Å²) in [4.78, 5) is 13.6. The second kappa shape index (κ2) is 8.98. The number of hydrogen-bond acceptors (Lipinski definition) is 4. The molecule has 0 aromatic heterocycles. The maximum Gasteiger partial charge on any atom is 0.234 e. The zero-order valence-corrected chi connectivity index (χ0v) is 12.9. The van der Waals surface area contributed by atoms with Gasteiger partial charge in [-0.3, -0.25) is 9.69 Å². The molecule has 0 fully saturated rings. The minimum atomic E-state index is 0.0320. The topological polar surface area (TPSA) is 65.4 Å². The zero-order valence-electron chi connectivity index (χ0n) is 12.9. The van der Waals surface area contributed by atoms with Gasteiger partial charge in [0.25, 0.3) is 0 Å². The molecular formula is C16H23N3O2. The molecule has 21 heavy (non-hydrogen) atoms. The van der Waals surface area contributed by atoms with Gasteiger partial charge in [-0.15, -0.1) is 0 Å². The van der Waals surface area contributed by atoms with E-state index in [1.807, 2.05) is 11.9 Å². The molecule has 0 atom stereocenters. The van der Waals surface area contributed by atoms with Gasteiger partial charge in [0.1, 0.15) is 12.4 Å². The van der Waals surface area contributed by atoms with Gasteiger partial charge >= 0.3 is 0 Å². The summed E-state index contributed by atoms with van der Waals surface area (Å²) in [7, 11) is 1.89. The molecule has 0 radical (unpaired) electrons. The van der Waals surface area contributed by atoms with Crippen molar-refractivity contribution in [3.8, 4) is 11.8 Å². The molecule has 1 aromatic carbocycles. The number of hydrogen-bond donors (Lipinski definition) is 1. The quantitative estimate of drug-likeness (QED) is 0.790. The Hall–Kier alpha value is -2.06. The first-order valence-electron chi connectivity index (χ1n) is 7.09. The van der Waals surface area contributed by atoms with Crippen molar-refractivity contribution in [2.24, 2.45) is 5.92 Å². The second-order valence-corrected chi connectivity index (χ2v) is 5.42. The number of ether oxygens (including phenoxy) is 1. The highest BCUT2D eigenvalue weighted by Gasteiger charge is 2.06. The number of carbonyl (C=O) groups is 1. The Kier molecular flexibility index (Phi) is 7.27. The van der Waals surface area contributed by atoms with E-state index in [2.05, 4.69) is 25.2 Å². The fourth-order valence-electron chi connectivity index (χ4n) is 1.64. The zero-order chi connectivity index (χ0) is 15.7. The van der Waals surface area contributed by atoms with Gasteiger partial charge in [-0.1, -0.05) is 13.8 Å². The molecule has 5 nitrogen and oxygen atoms in total. The number of carbonyl (C=O) groups excluding carboxylic acids is 1. The minimum absolute atomic E-state index is 0.0320. The summed E-state index contributed by atoms with van der Waals surface area (Å²) in [6.45, 7) is 6.36. The van der Waals surface area contributed by atoms with Gasteiger partial charge in [0.2, 0.25) is 5.91 Å². The van der Waals surface area contributed by atoms with E-state index in [-0.39, 0.29) is 5.91 Å². The molecule has 0 aliphatic rings. The molecule has 1 N–H and O–H groups in total. The first-order chi connectivity index (χ1) is 10.0. The molecule has 1 amide bonds. The van der Waals surface area contributed by atoms with Crippen LogP contribution in [0.15, 0.2) is 24.3 Å². The number of rotatable bonds is 8. The maximum atomic E-state index is 11.6. The average molecular weight is 289 g/mol. The van der Waals surface area contributed by atoms with Crippen molar-refractivity contribution >= 4 is 5.91 Å². The third kappa shape index (κ3) is 7.33. The third-order valence-electron chi connectivity index (χ3n) is 2.85. The highest BCUT2D eigenvalue weighted by Crippen LogP contribution is 2.11. The first kappa shape index (κ1) is 17.0. The van der Waals surface area contributed by atoms with Crippen molar-refractivity contribution in [2.45, 2.75) is 13.8 Å². The van der Waals surface area contributed by atoms with Crippen molar-refractivity contribution in [3.63, 3.8) is 0 Å². The molecule has 0 saturated carbocycles. The highest BCUT2D eigenvalue weighted by molar-refractivity contribution is 5.77. The molecule has 0 aliphatic heterocycles. The van der Waals surface area contributed by atoms with E-state index in [4.69, 9.17) is 10.00 Å². The lowest BCUT2D eigenvalue weighted by molar-refractivity contribution is -0.122. The second-order valence-electron chi connectivity index (χ2n) is 5.42. The Morgan fingerprint density at radius 1 is 1.38 bits per heavy atom. The SMILES string of the molecule is CC(C)CNC(=O)CN(C)CCOc1ccc(C#N)cc1. The van der Waals surface area contributed by atoms with E-state index in [1.54, 1.807) is 24.3 Å². The lowest BCUT2D eigenvalue weighted by Gasteiger charge is -2.17. The molecule has 1 rings (SSSR count). The predicted octanol–water partition coefficient (Wildman–Crippen LogP) is 1.64. The maximum absolute atomic E-state index is 11.6. The van der Waals surface area contributed by atoms with Crippen molar-refractivity contribution in [1.82, 2.24) is 10.2 Å². The Labute approximate surface area is 126 Å². The lowest BCUT2D eigenvalue weighted by atomic mass is 10.2. The van der Waals surface area contributed by atoms with Gasteiger partial charge in [-0.25, -0.2) is 0 Å². The number of nitriles is 1. The van der Waals surface area contributed by atoms with Crippen LogP contribution in [-0.2, 0) is 4.79 Å². The number of amides is 1. The molecule has 0 bridgehead atoms. The molecule has 114 valence electrons. The number of nitrogens with one attached hydrogen (secondary N) is 1. The van der Waals surface area contributed by atoms with Gasteiger partial charge in [0.05, 0.1) is 18.2 Å². The Morgan fingerprint density at radius 2 is 2.05 bits per heavy atom. The Morgan fingerprint density at radius 3 is 2.62 bits per heavy atom. The fourth-order valence-corrected chi connectivity index (χ4v) is 1.64. The summed E-state index contributed by atoms with van der Waals surface area (Å²) in [5, 5.41) is 11.6. The molecule has 0 aliphatic carbocycles. The van der Waals surface area contributed by atoms with Crippen LogP contribution in [0.1, 0.15) is 19.4 Å². The van der Waals surface area contributed by atoms with Gasteiger partial charge in [0.15, 0.2) is 0 Å². The minimum Gasteiger partial charge on any atom is -0.492 e. The normalized spacial score (nSPS) is 10.5. The fraction of sp³-hybridized carbons (Fsp3) is 0.500. The van der Waals surface area contributed by atoms with E-state index in [0.29, 0.717) is 37.7 Å². The van der Waals surface area contributed by atoms with Crippen LogP contribution < -0.4 is 10.1 Å². The van der Waals surface area contributed by atoms with Crippen LogP contribution in [0.4, 0.5) is 0 Å². The van der Waals surface area contributed by atoms with Gasteiger partial charge in [-0.05, 0) is 37.2 Å². The van der Waals surface area contributed by atoms with Crippen molar-refractivity contribution in [3.05, 3.63) is 29.8 Å². The number of likely N-dealkylation sites (N-methyl/N-ethyl adjacent to an activating group) is 1. The largest absolute Gasteiger partial charge is 0.492 e. The summed E-state index contributed by atoms with van der Waals surface area (Å²) in [6.07, 6.45) is 0.